The molecule has 0 radical (unpaired) electrons. The summed E-state index contributed by atoms with van der Waals surface area (Å²) in [4.78, 5) is 17.0. The highest BCUT2D eigenvalue weighted by Crippen LogP contribution is 2.33. The van der Waals surface area contributed by atoms with Crippen LogP contribution in [0.25, 0.3) is 0 Å². The Morgan fingerprint density at radius 2 is 2.26 bits per heavy atom. The van der Waals surface area contributed by atoms with Crippen LogP contribution >= 0.6 is 0 Å². The fourth-order valence-corrected chi connectivity index (χ4v) is 2.60. The van der Waals surface area contributed by atoms with E-state index in [4.69, 9.17) is 5.84 Å². The molecule has 1 aromatic rings. The molecule has 0 saturated carbocycles. The van der Waals surface area contributed by atoms with E-state index in [0.717, 1.165) is 19.4 Å². The molecule has 1 aliphatic rings. The van der Waals surface area contributed by atoms with Crippen LogP contribution in [0.2, 0.25) is 0 Å². The van der Waals surface area contributed by atoms with Gasteiger partial charge < -0.3 is 10.3 Å². The first kappa shape index (κ1) is 13.5. The van der Waals surface area contributed by atoms with Gasteiger partial charge in [0.2, 0.25) is 5.82 Å². The lowest BCUT2D eigenvalue weighted by Crippen LogP contribution is -2.41. The van der Waals surface area contributed by atoms with E-state index in [-0.39, 0.29) is 11.7 Å². The number of pyridine rings is 1. The van der Waals surface area contributed by atoms with Gasteiger partial charge in [0.1, 0.15) is 5.82 Å². The van der Waals surface area contributed by atoms with Crippen molar-refractivity contribution in [2.24, 2.45) is 11.8 Å². The number of nitro groups is 1. The number of anilines is 2. The average molecular weight is 265 g/mol. The van der Waals surface area contributed by atoms with Crippen molar-refractivity contribution in [1.29, 1.82) is 0 Å². The minimum atomic E-state index is -0.395. The number of nitrogen functional groups attached to an aromatic ring is 1. The second kappa shape index (κ2) is 5.40. The number of nitrogens with two attached hydrogens (primary N) is 1. The molecule has 0 aliphatic carbocycles. The molecule has 19 heavy (non-hydrogen) atoms. The number of hydrogen-bond donors (Lipinski definition) is 2. The molecule has 3 N–H and O–H groups in total. The molecule has 1 saturated heterocycles. The van der Waals surface area contributed by atoms with Gasteiger partial charge in [0.25, 0.3) is 0 Å². The molecular weight excluding hydrogens is 246 g/mol. The van der Waals surface area contributed by atoms with Crippen molar-refractivity contribution in [3.05, 3.63) is 22.2 Å². The Kier molecular flexibility index (Phi) is 3.84. The molecule has 7 heteroatoms. The Bertz CT molecular complexity index is 479. The van der Waals surface area contributed by atoms with Crippen LogP contribution in [0.3, 0.4) is 0 Å². The zero-order chi connectivity index (χ0) is 14.0. The predicted octanol–water partition coefficient (Wildman–Crippen LogP) is 1.90. The summed E-state index contributed by atoms with van der Waals surface area (Å²) < 4.78 is 0. The normalized spacial score (nSPS) is 23.2. The highest BCUT2D eigenvalue weighted by atomic mass is 16.6. The summed E-state index contributed by atoms with van der Waals surface area (Å²) in [6.45, 7) is 5.06. The first-order valence-electron chi connectivity index (χ1n) is 6.41. The third kappa shape index (κ3) is 2.76. The van der Waals surface area contributed by atoms with Gasteiger partial charge in [0.15, 0.2) is 0 Å². The van der Waals surface area contributed by atoms with E-state index in [0.29, 0.717) is 17.6 Å². The highest BCUT2D eigenvalue weighted by molar-refractivity contribution is 5.62. The predicted molar refractivity (Wildman–Crippen MR) is 73.9 cm³/mol. The third-order valence-electron chi connectivity index (χ3n) is 3.61. The summed E-state index contributed by atoms with van der Waals surface area (Å²) in [5.74, 6) is 6.81. The van der Waals surface area contributed by atoms with Gasteiger partial charge in [-0.3, -0.25) is 10.1 Å². The second-order valence-electron chi connectivity index (χ2n) is 5.11. The minimum Gasteiger partial charge on any atom is -0.348 e. The van der Waals surface area contributed by atoms with E-state index < -0.39 is 4.92 Å². The van der Waals surface area contributed by atoms with Crippen molar-refractivity contribution in [3.63, 3.8) is 0 Å². The summed E-state index contributed by atoms with van der Waals surface area (Å²) in [5.41, 5.74) is 2.46. The molecule has 0 bridgehead atoms. The molecule has 2 atom stereocenters. The summed E-state index contributed by atoms with van der Waals surface area (Å²) in [5, 5.41) is 11.1. The molecule has 1 fully saturated rings. The van der Waals surface area contributed by atoms with Crippen LogP contribution in [0.4, 0.5) is 17.3 Å². The summed E-state index contributed by atoms with van der Waals surface area (Å²) in [6.07, 6.45) is 2.03. The molecular formula is C12H19N5O2. The zero-order valence-corrected chi connectivity index (χ0v) is 11.2. The van der Waals surface area contributed by atoms with E-state index in [1.165, 1.54) is 12.1 Å². The molecule has 0 spiro atoms. The number of nitrogens with one attached hydrogen (secondary N) is 1. The Hall–Kier alpha value is -1.89. The fourth-order valence-electron chi connectivity index (χ4n) is 2.60. The maximum absolute atomic E-state index is 11.1. The molecule has 2 rings (SSSR count). The van der Waals surface area contributed by atoms with Gasteiger partial charge in [-0.1, -0.05) is 6.92 Å². The van der Waals surface area contributed by atoms with Gasteiger partial charge in [0, 0.05) is 18.7 Å². The molecule has 1 aliphatic heterocycles. The Morgan fingerprint density at radius 3 is 2.84 bits per heavy atom. The van der Waals surface area contributed by atoms with Gasteiger partial charge in [0.05, 0.1) is 4.92 Å². The number of hydrazine groups is 1. The number of nitrogens with zero attached hydrogens (tertiary/aromatic N) is 3. The van der Waals surface area contributed by atoms with E-state index >= 15 is 0 Å². The molecule has 0 aromatic carbocycles. The van der Waals surface area contributed by atoms with Gasteiger partial charge in [-0.15, -0.1) is 0 Å². The summed E-state index contributed by atoms with van der Waals surface area (Å²) in [6, 6.07) is 3.20. The number of aromatic nitrogens is 1. The minimum absolute atomic E-state index is 0.0282. The van der Waals surface area contributed by atoms with E-state index in [1.54, 1.807) is 0 Å². The molecule has 1 aromatic heterocycles. The standard InChI is InChI=1S/C12H19N5O2/c1-8-5-6-16(9(2)7-8)12-10(17(18)19)3-4-11(14-12)15-13/h3-4,8-9H,5-7,13H2,1-2H3,(H,14,15). The van der Waals surface area contributed by atoms with Crippen molar-refractivity contribution in [2.45, 2.75) is 32.7 Å². The van der Waals surface area contributed by atoms with Crippen molar-refractivity contribution in [1.82, 2.24) is 4.98 Å². The van der Waals surface area contributed by atoms with E-state index in [2.05, 4.69) is 24.3 Å². The van der Waals surface area contributed by atoms with Crippen LogP contribution in [-0.2, 0) is 0 Å². The van der Waals surface area contributed by atoms with E-state index in [1.807, 2.05) is 4.90 Å². The lowest BCUT2D eigenvalue weighted by molar-refractivity contribution is -0.384. The summed E-state index contributed by atoms with van der Waals surface area (Å²) in [7, 11) is 0. The number of piperidine rings is 1. The lowest BCUT2D eigenvalue weighted by atomic mass is 9.93. The maximum atomic E-state index is 11.1. The van der Waals surface area contributed by atoms with Crippen LogP contribution in [0.15, 0.2) is 12.1 Å². The van der Waals surface area contributed by atoms with Gasteiger partial charge in [-0.05, 0) is 31.7 Å². The van der Waals surface area contributed by atoms with Gasteiger partial charge in [-0.25, -0.2) is 10.8 Å². The van der Waals surface area contributed by atoms with Gasteiger partial charge >= 0.3 is 5.69 Å². The SMILES string of the molecule is CC1CCN(c2nc(NN)ccc2[N+](=O)[O-])C(C)C1. The smallest absolute Gasteiger partial charge is 0.311 e. The van der Waals surface area contributed by atoms with Gasteiger partial charge in [-0.2, -0.15) is 0 Å². The van der Waals surface area contributed by atoms with Crippen LogP contribution in [0.5, 0.6) is 0 Å². The lowest BCUT2D eigenvalue weighted by Gasteiger charge is -2.37. The van der Waals surface area contributed by atoms with Crippen LogP contribution in [0, 0.1) is 16.0 Å². The topological polar surface area (TPSA) is 97.3 Å². The Labute approximate surface area is 111 Å². The van der Waals surface area contributed by atoms with Crippen molar-refractivity contribution in [3.8, 4) is 0 Å². The van der Waals surface area contributed by atoms with Crippen molar-refractivity contribution >= 4 is 17.3 Å². The van der Waals surface area contributed by atoms with Crippen LogP contribution < -0.4 is 16.2 Å². The van der Waals surface area contributed by atoms with Crippen LogP contribution in [-0.4, -0.2) is 22.5 Å². The second-order valence-corrected chi connectivity index (χ2v) is 5.11. The first-order valence-corrected chi connectivity index (χ1v) is 6.41. The first-order chi connectivity index (χ1) is 9.02. The number of hydrogen-bond acceptors (Lipinski definition) is 6. The third-order valence-corrected chi connectivity index (χ3v) is 3.61. The van der Waals surface area contributed by atoms with E-state index in [9.17, 15) is 10.1 Å². The molecule has 2 heterocycles. The average Bonchev–Trinajstić information content (AvgIpc) is 2.38. The fraction of sp³-hybridized carbons (Fsp3) is 0.583. The summed E-state index contributed by atoms with van der Waals surface area (Å²) >= 11 is 0. The molecule has 0 amide bonds. The molecule has 104 valence electrons. The maximum Gasteiger partial charge on any atom is 0.311 e. The zero-order valence-electron chi connectivity index (χ0n) is 11.2. The Balaban J connectivity index is 2.38. The highest BCUT2D eigenvalue weighted by Gasteiger charge is 2.29. The molecule has 2 unspecified atom stereocenters. The quantitative estimate of drug-likeness (QED) is 0.492. The number of rotatable bonds is 3. The largest absolute Gasteiger partial charge is 0.348 e. The van der Waals surface area contributed by atoms with Crippen molar-refractivity contribution in [2.75, 3.05) is 16.9 Å². The Morgan fingerprint density at radius 1 is 1.53 bits per heavy atom. The molecule has 7 nitrogen and oxygen atoms in total. The van der Waals surface area contributed by atoms with Crippen molar-refractivity contribution < 1.29 is 4.92 Å². The monoisotopic (exact) mass is 265 g/mol. The van der Waals surface area contributed by atoms with Crippen LogP contribution in [0.1, 0.15) is 26.7 Å².